The summed E-state index contributed by atoms with van der Waals surface area (Å²) in [6.07, 6.45) is 7.62. The van der Waals surface area contributed by atoms with Crippen molar-refractivity contribution in [2.24, 2.45) is 4.99 Å². The van der Waals surface area contributed by atoms with Gasteiger partial charge in [0.25, 0.3) is 5.91 Å². The van der Waals surface area contributed by atoms with Gasteiger partial charge in [0.05, 0.1) is 17.6 Å². The predicted octanol–water partition coefficient (Wildman–Crippen LogP) is 5.72. The molecule has 5 heteroatoms. The number of ether oxygens (including phenoxy) is 1. The van der Waals surface area contributed by atoms with E-state index in [4.69, 9.17) is 9.73 Å². The Morgan fingerprint density at radius 3 is 2.72 bits per heavy atom. The number of hydrogen-bond acceptors (Lipinski definition) is 4. The molecule has 2 aliphatic rings. The van der Waals surface area contributed by atoms with Crippen molar-refractivity contribution in [3.8, 4) is 5.75 Å². The number of carbonyl (C=O) groups is 1. The van der Waals surface area contributed by atoms with Crippen molar-refractivity contribution in [1.82, 2.24) is 5.32 Å². The molecule has 2 aromatic carbocycles. The van der Waals surface area contributed by atoms with Crippen LogP contribution in [0, 0.1) is 0 Å². The number of nitrogens with one attached hydrogen (secondary N) is 1. The third kappa shape index (κ3) is 5.33. The molecule has 0 saturated heterocycles. The largest absolute Gasteiger partial charge is 0.494 e. The van der Waals surface area contributed by atoms with Gasteiger partial charge in [-0.3, -0.25) is 9.79 Å². The van der Waals surface area contributed by atoms with Crippen molar-refractivity contribution in [1.29, 1.82) is 0 Å². The molecule has 1 N–H and O–H groups in total. The Kier molecular flexibility index (Phi) is 7.48. The Bertz CT molecular complexity index is 1050. The van der Waals surface area contributed by atoms with Gasteiger partial charge in [-0.1, -0.05) is 49.8 Å². The highest BCUT2D eigenvalue weighted by molar-refractivity contribution is 8.00. The van der Waals surface area contributed by atoms with Crippen molar-refractivity contribution >= 4 is 23.4 Å². The Morgan fingerprint density at radius 2 is 1.94 bits per heavy atom. The molecule has 0 aromatic heterocycles. The number of hydrogen-bond donors (Lipinski definition) is 1. The number of fused-ring (bicyclic) bond motifs is 2. The summed E-state index contributed by atoms with van der Waals surface area (Å²) in [5.41, 5.74) is 5.26. The van der Waals surface area contributed by atoms with E-state index >= 15 is 0 Å². The summed E-state index contributed by atoms with van der Waals surface area (Å²) in [4.78, 5) is 19.1. The molecule has 4 rings (SSSR count). The second-order valence-corrected chi connectivity index (χ2v) is 9.20. The van der Waals surface area contributed by atoms with Crippen LogP contribution in [0.4, 0.5) is 0 Å². The second kappa shape index (κ2) is 10.7. The van der Waals surface area contributed by atoms with Gasteiger partial charge in [-0.2, -0.15) is 0 Å². The molecule has 1 unspecified atom stereocenters. The van der Waals surface area contributed by atoms with E-state index in [1.807, 2.05) is 49.0 Å². The van der Waals surface area contributed by atoms with Gasteiger partial charge in [-0.05, 0) is 56.0 Å². The van der Waals surface area contributed by atoms with Crippen molar-refractivity contribution in [2.75, 3.05) is 13.2 Å². The third-order valence-corrected chi connectivity index (χ3v) is 6.93. The maximum atomic E-state index is 12.8. The van der Waals surface area contributed by atoms with E-state index in [0.717, 1.165) is 42.8 Å². The Labute approximate surface area is 194 Å². The number of amides is 1. The summed E-state index contributed by atoms with van der Waals surface area (Å²) >= 11 is 1.86. The third-order valence-electron chi connectivity index (χ3n) is 5.60. The fourth-order valence-corrected chi connectivity index (χ4v) is 5.19. The standard InChI is InChI=1S/C27H30N2O2S/c1-3-7-23-22-8-5-6-9-25(22)32-26-15-12-20(18-24(26)29-23)27(30)28-17-16-19-10-13-21(14-11-19)31-4-2/h5-6,8-14,18,26H,3-4,7,15-17H2,1-2H3,(H,28,30). The topological polar surface area (TPSA) is 50.7 Å². The van der Waals surface area contributed by atoms with E-state index in [1.165, 1.54) is 16.0 Å². The molecule has 4 nitrogen and oxygen atoms in total. The first-order chi connectivity index (χ1) is 15.7. The number of rotatable bonds is 8. The first-order valence-corrected chi connectivity index (χ1v) is 12.3. The number of aliphatic imine (C=N–C) groups is 1. The minimum atomic E-state index is -0.0270. The zero-order chi connectivity index (χ0) is 22.3. The van der Waals surface area contributed by atoms with Gasteiger partial charge in [-0.15, -0.1) is 11.8 Å². The average molecular weight is 447 g/mol. The molecule has 1 atom stereocenters. The lowest BCUT2D eigenvalue weighted by atomic mass is 10.0. The minimum Gasteiger partial charge on any atom is -0.494 e. The number of allylic oxidation sites excluding steroid dienone is 1. The lowest BCUT2D eigenvalue weighted by Crippen LogP contribution is -2.28. The van der Waals surface area contributed by atoms with Crippen LogP contribution < -0.4 is 10.1 Å². The molecule has 0 bridgehead atoms. The number of nitrogens with zero attached hydrogens (tertiary/aromatic N) is 1. The highest BCUT2D eigenvalue weighted by atomic mass is 32.2. The van der Waals surface area contributed by atoms with Crippen LogP contribution in [0.2, 0.25) is 0 Å². The number of benzene rings is 2. The molecule has 1 amide bonds. The molecule has 166 valence electrons. The monoisotopic (exact) mass is 446 g/mol. The first-order valence-electron chi connectivity index (χ1n) is 11.4. The summed E-state index contributed by atoms with van der Waals surface area (Å²) in [5.74, 6) is 0.848. The Hall–Kier alpha value is -2.79. The van der Waals surface area contributed by atoms with Crippen molar-refractivity contribution in [3.05, 3.63) is 83.1 Å². The molecule has 1 aliphatic carbocycles. The van der Waals surface area contributed by atoms with E-state index in [1.54, 1.807) is 0 Å². The number of thioether (sulfide) groups is 1. The quantitative estimate of drug-likeness (QED) is 0.564. The van der Waals surface area contributed by atoms with Crippen LogP contribution in [0.15, 0.2) is 81.8 Å². The predicted molar refractivity (Wildman–Crippen MR) is 133 cm³/mol. The van der Waals surface area contributed by atoms with Gasteiger partial charge in [0.1, 0.15) is 5.75 Å². The van der Waals surface area contributed by atoms with Crippen LogP contribution in [-0.4, -0.2) is 30.0 Å². The van der Waals surface area contributed by atoms with Crippen molar-refractivity contribution < 1.29 is 9.53 Å². The number of carbonyl (C=O) groups excluding carboxylic acids is 1. The summed E-state index contributed by atoms with van der Waals surface area (Å²) in [6, 6.07) is 16.6. The van der Waals surface area contributed by atoms with Gasteiger partial charge in [-0.25, -0.2) is 0 Å². The zero-order valence-corrected chi connectivity index (χ0v) is 19.6. The molecule has 1 heterocycles. The van der Waals surface area contributed by atoms with Gasteiger partial charge >= 0.3 is 0 Å². The zero-order valence-electron chi connectivity index (χ0n) is 18.8. The normalized spacial score (nSPS) is 17.2. The second-order valence-electron chi connectivity index (χ2n) is 7.96. The molecular weight excluding hydrogens is 416 g/mol. The molecule has 0 saturated carbocycles. The molecular formula is C27H30N2O2S. The molecule has 1 aliphatic heterocycles. The molecule has 0 fully saturated rings. The van der Waals surface area contributed by atoms with Crippen LogP contribution in [0.5, 0.6) is 5.75 Å². The fourth-order valence-electron chi connectivity index (χ4n) is 3.98. The first kappa shape index (κ1) is 22.4. The van der Waals surface area contributed by atoms with E-state index in [0.29, 0.717) is 18.7 Å². The van der Waals surface area contributed by atoms with E-state index in [-0.39, 0.29) is 11.2 Å². The Balaban J connectivity index is 1.41. The summed E-state index contributed by atoms with van der Waals surface area (Å²) in [6.45, 7) is 5.42. The lowest BCUT2D eigenvalue weighted by molar-refractivity contribution is -0.117. The van der Waals surface area contributed by atoms with Crippen LogP contribution in [0.3, 0.4) is 0 Å². The highest BCUT2D eigenvalue weighted by Gasteiger charge is 2.26. The van der Waals surface area contributed by atoms with Gasteiger partial charge in [0.15, 0.2) is 0 Å². The van der Waals surface area contributed by atoms with Gasteiger partial charge < -0.3 is 10.1 Å². The maximum Gasteiger partial charge on any atom is 0.251 e. The maximum absolute atomic E-state index is 12.8. The summed E-state index contributed by atoms with van der Waals surface area (Å²) in [7, 11) is 0. The molecule has 32 heavy (non-hydrogen) atoms. The van der Waals surface area contributed by atoms with Crippen LogP contribution in [0.25, 0.3) is 0 Å². The van der Waals surface area contributed by atoms with Gasteiger partial charge in [0.2, 0.25) is 0 Å². The lowest BCUT2D eigenvalue weighted by Gasteiger charge is -2.19. The highest BCUT2D eigenvalue weighted by Crippen LogP contribution is 2.39. The van der Waals surface area contributed by atoms with Gasteiger partial charge in [0, 0.05) is 28.3 Å². The van der Waals surface area contributed by atoms with E-state index in [2.05, 4.69) is 42.6 Å². The van der Waals surface area contributed by atoms with E-state index < -0.39 is 0 Å². The van der Waals surface area contributed by atoms with Crippen LogP contribution in [-0.2, 0) is 11.2 Å². The summed E-state index contributed by atoms with van der Waals surface area (Å²) < 4.78 is 5.48. The average Bonchev–Trinajstić information content (AvgIpc) is 2.96. The summed E-state index contributed by atoms with van der Waals surface area (Å²) in [5, 5.41) is 3.32. The molecule has 2 aromatic rings. The fraction of sp³-hybridized carbons (Fsp3) is 0.333. The Morgan fingerprint density at radius 1 is 1.12 bits per heavy atom. The van der Waals surface area contributed by atoms with Crippen LogP contribution in [0.1, 0.15) is 44.2 Å². The SMILES string of the molecule is CCCC1=NC2=CC(C(=O)NCCc3ccc(OCC)cc3)=CCC2Sc2ccccc21. The smallest absolute Gasteiger partial charge is 0.251 e. The van der Waals surface area contributed by atoms with E-state index in [9.17, 15) is 4.79 Å². The van der Waals surface area contributed by atoms with Crippen LogP contribution >= 0.6 is 11.8 Å². The van der Waals surface area contributed by atoms with Crippen molar-refractivity contribution in [2.45, 2.75) is 49.7 Å². The van der Waals surface area contributed by atoms with Crippen molar-refractivity contribution in [3.63, 3.8) is 0 Å². The minimum absolute atomic E-state index is 0.0270. The molecule has 0 radical (unpaired) electrons. The molecule has 0 spiro atoms.